The molecule has 1 aliphatic rings. The van der Waals surface area contributed by atoms with Gasteiger partial charge in [0.2, 0.25) is 5.91 Å². The Morgan fingerprint density at radius 1 is 0.559 bits per heavy atom. The summed E-state index contributed by atoms with van der Waals surface area (Å²) in [4.78, 5) is 31.4. The van der Waals surface area contributed by atoms with Crippen LogP contribution >= 0.6 is 11.8 Å². The van der Waals surface area contributed by atoms with E-state index in [1.165, 1.54) is 0 Å². The fourth-order valence-corrected chi connectivity index (χ4v) is 10.1. The minimum Gasteiger partial charge on any atom is -0.459 e. The maximum Gasteiger partial charge on any atom is 0.329 e. The van der Waals surface area contributed by atoms with Crippen molar-refractivity contribution in [3.63, 3.8) is 0 Å². The van der Waals surface area contributed by atoms with Crippen LogP contribution in [0.25, 0.3) is 0 Å². The summed E-state index contributed by atoms with van der Waals surface area (Å²) in [5.41, 5.74) is 6.29. The van der Waals surface area contributed by atoms with E-state index in [1.807, 2.05) is 103 Å². The Bertz CT molecular complexity index is 2190. The monoisotopic (exact) mass is 792 g/mol. The lowest BCUT2D eigenvalue weighted by Crippen LogP contribution is -2.58. The van der Waals surface area contributed by atoms with Gasteiger partial charge in [0.1, 0.15) is 12.6 Å². The molecule has 1 heterocycles. The predicted molar refractivity (Wildman–Crippen MR) is 239 cm³/mol. The molecule has 0 saturated carbocycles. The minimum atomic E-state index is -0.942. The topological polar surface area (TPSA) is 58.6 Å². The van der Waals surface area contributed by atoms with E-state index in [0.717, 1.165) is 38.9 Å². The van der Waals surface area contributed by atoms with Crippen LogP contribution < -0.4 is 5.32 Å². The number of hydrogen-bond donors (Lipinski definition) is 1. The van der Waals surface area contributed by atoms with Crippen LogP contribution in [0.2, 0.25) is 0 Å². The van der Waals surface area contributed by atoms with Crippen LogP contribution in [0, 0.1) is 0 Å². The van der Waals surface area contributed by atoms with Crippen molar-refractivity contribution in [2.24, 2.45) is 0 Å². The highest BCUT2D eigenvalue weighted by molar-refractivity contribution is 8.00. The van der Waals surface area contributed by atoms with Crippen LogP contribution in [-0.4, -0.2) is 41.2 Å². The molecule has 0 aliphatic carbocycles. The highest BCUT2D eigenvalue weighted by atomic mass is 32.2. The molecule has 0 spiro atoms. The van der Waals surface area contributed by atoms with Crippen molar-refractivity contribution in [2.75, 3.05) is 12.3 Å². The second kappa shape index (κ2) is 18.6. The van der Waals surface area contributed by atoms with Crippen LogP contribution in [0.1, 0.15) is 51.8 Å². The molecule has 0 bridgehead atoms. The molecule has 2 atom stereocenters. The molecule has 8 rings (SSSR count). The number of hydrogen-bond acceptors (Lipinski definition) is 5. The summed E-state index contributed by atoms with van der Waals surface area (Å²) in [6, 6.07) is 71.1. The van der Waals surface area contributed by atoms with Gasteiger partial charge in [-0.1, -0.05) is 212 Å². The van der Waals surface area contributed by atoms with Gasteiger partial charge in [-0.05, 0) is 51.8 Å². The van der Waals surface area contributed by atoms with Gasteiger partial charge in [-0.2, -0.15) is 0 Å². The normalized spacial score (nSPS) is 14.7. The number of amides is 1. The van der Waals surface area contributed by atoms with Crippen molar-refractivity contribution < 1.29 is 14.3 Å². The number of ether oxygens (including phenoxy) is 1. The minimum absolute atomic E-state index is 0.132. The number of benzene rings is 7. The first kappa shape index (κ1) is 39.6. The van der Waals surface area contributed by atoms with Crippen LogP contribution in [0.5, 0.6) is 0 Å². The summed E-state index contributed by atoms with van der Waals surface area (Å²) in [7, 11) is 0. The molecule has 6 heteroatoms. The number of nitrogens with zero attached hydrogens (tertiary/aromatic N) is 1. The SMILES string of the molecule is O=C(OCc1ccccc1)[C@@H]1CCCN1C(=O)[C@H](CSC(c1ccccc1)(c1ccccc1)c1ccccc1)NC(c1ccccc1)(c1ccccc1)c1ccccc1. The number of esters is 1. The lowest BCUT2D eigenvalue weighted by molar-refractivity contribution is -0.155. The summed E-state index contributed by atoms with van der Waals surface area (Å²) >= 11 is 1.74. The van der Waals surface area contributed by atoms with E-state index >= 15 is 4.79 Å². The molecule has 0 radical (unpaired) electrons. The van der Waals surface area contributed by atoms with Crippen molar-refractivity contribution >= 4 is 23.6 Å². The molecule has 1 amide bonds. The molecule has 7 aromatic carbocycles. The van der Waals surface area contributed by atoms with Gasteiger partial charge in [0.05, 0.1) is 16.3 Å². The molecule has 0 aromatic heterocycles. The summed E-state index contributed by atoms with van der Waals surface area (Å²) in [6.45, 7) is 0.617. The molecule has 0 unspecified atom stereocenters. The number of carbonyl (C=O) groups is 2. The molecule has 1 aliphatic heterocycles. The zero-order valence-corrected chi connectivity index (χ0v) is 33.8. The maximum absolute atomic E-state index is 15.7. The van der Waals surface area contributed by atoms with Gasteiger partial charge in [0, 0.05) is 12.3 Å². The second-order valence-corrected chi connectivity index (χ2v) is 16.2. The zero-order valence-electron chi connectivity index (χ0n) is 33.0. The van der Waals surface area contributed by atoms with Crippen LogP contribution in [-0.2, 0) is 31.2 Å². The first-order valence-electron chi connectivity index (χ1n) is 20.4. The van der Waals surface area contributed by atoms with Crippen molar-refractivity contribution in [1.29, 1.82) is 0 Å². The Kier molecular flexibility index (Phi) is 12.5. The standard InChI is InChI=1S/C53H48N2O3S/c56-50(55-38-22-37-49(55)51(57)58-39-41-23-8-1-9-24-41)48(54-52(42-25-10-2-11-26-42,43-27-12-3-13-28-43)44-29-14-4-15-30-44)40-59-53(45-31-16-5-17-32-45,46-33-18-6-19-34-46)47-35-20-7-21-36-47/h1-21,23-36,48-49,54H,22,37-40H2/t48-,49-/m0/s1. The van der Waals surface area contributed by atoms with E-state index in [4.69, 9.17) is 4.74 Å². The average Bonchev–Trinajstić information content (AvgIpc) is 3.82. The van der Waals surface area contributed by atoms with Crippen molar-refractivity contribution in [1.82, 2.24) is 10.2 Å². The Hall–Kier alpha value is -6.21. The molecule has 1 fully saturated rings. The van der Waals surface area contributed by atoms with E-state index in [2.05, 4.69) is 115 Å². The molecule has 294 valence electrons. The van der Waals surface area contributed by atoms with Crippen molar-refractivity contribution in [3.8, 4) is 0 Å². The van der Waals surface area contributed by atoms with Gasteiger partial charge < -0.3 is 9.64 Å². The highest BCUT2D eigenvalue weighted by Crippen LogP contribution is 2.49. The second-order valence-electron chi connectivity index (χ2n) is 14.9. The molecule has 1 saturated heterocycles. The van der Waals surface area contributed by atoms with Crippen LogP contribution in [0.4, 0.5) is 0 Å². The molecule has 1 N–H and O–H groups in total. The first-order chi connectivity index (χ1) is 29.1. The Balaban J connectivity index is 1.26. The van der Waals surface area contributed by atoms with E-state index in [-0.39, 0.29) is 18.5 Å². The quantitative estimate of drug-likeness (QED) is 0.0828. The summed E-state index contributed by atoms with van der Waals surface area (Å²) in [5.74, 6) is -0.140. The molecule has 59 heavy (non-hydrogen) atoms. The fraction of sp³-hybridized carbons (Fsp3) is 0.170. The summed E-state index contributed by atoms with van der Waals surface area (Å²) < 4.78 is 5.23. The average molecular weight is 793 g/mol. The number of nitrogens with one attached hydrogen (secondary N) is 1. The van der Waals surface area contributed by atoms with E-state index < -0.39 is 22.4 Å². The number of likely N-dealkylation sites (tertiary alicyclic amines) is 1. The number of thioether (sulfide) groups is 1. The van der Waals surface area contributed by atoms with Gasteiger partial charge in [-0.25, -0.2) is 4.79 Å². The van der Waals surface area contributed by atoms with Crippen molar-refractivity contribution in [2.45, 2.75) is 41.8 Å². The van der Waals surface area contributed by atoms with E-state index in [1.54, 1.807) is 16.7 Å². The zero-order chi connectivity index (χ0) is 40.3. The summed E-state index contributed by atoms with van der Waals surface area (Å²) in [6.07, 6.45) is 1.25. The van der Waals surface area contributed by atoms with Gasteiger partial charge >= 0.3 is 5.97 Å². The maximum atomic E-state index is 15.7. The molecular weight excluding hydrogens is 745 g/mol. The third-order valence-electron chi connectivity index (χ3n) is 11.3. The van der Waals surface area contributed by atoms with E-state index in [9.17, 15) is 4.79 Å². The third kappa shape index (κ3) is 8.38. The Morgan fingerprint density at radius 3 is 1.34 bits per heavy atom. The Labute approximate surface area is 352 Å². The lowest BCUT2D eigenvalue weighted by atomic mass is 9.76. The van der Waals surface area contributed by atoms with Gasteiger partial charge in [0.25, 0.3) is 0 Å². The highest BCUT2D eigenvalue weighted by Gasteiger charge is 2.46. The van der Waals surface area contributed by atoms with Gasteiger partial charge in [0.15, 0.2) is 0 Å². The largest absolute Gasteiger partial charge is 0.459 e. The Morgan fingerprint density at radius 2 is 0.932 bits per heavy atom. The number of rotatable bonds is 15. The number of carbonyl (C=O) groups excluding carboxylic acids is 2. The van der Waals surface area contributed by atoms with Crippen LogP contribution in [0.15, 0.2) is 212 Å². The van der Waals surface area contributed by atoms with Crippen LogP contribution in [0.3, 0.4) is 0 Å². The van der Waals surface area contributed by atoms with Crippen molar-refractivity contribution in [3.05, 3.63) is 251 Å². The smallest absolute Gasteiger partial charge is 0.329 e. The van der Waals surface area contributed by atoms with Gasteiger partial charge in [-0.15, -0.1) is 11.8 Å². The van der Waals surface area contributed by atoms with Gasteiger partial charge in [-0.3, -0.25) is 10.1 Å². The lowest BCUT2D eigenvalue weighted by Gasteiger charge is -2.42. The fourth-order valence-electron chi connectivity index (χ4n) is 8.53. The molecular formula is C53H48N2O3S. The molecule has 5 nitrogen and oxygen atoms in total. The third-order valence-corrected chi connectivity index (χ3v) is 13.0. The van der Waals surface area contributed by atoms with E-state index in [0.29, 0.717) is 25.1 Å². The summed E-state index contributed by atoms with van der Waals surface area (Å²) in [5, 5.41) is 4.07. The predicted octanol–water partition coefficient (Wildman–Crippen LogP) is 10.4. The first-order valence-corrected chi connectivity index (χ1v) is 21.3. The molecule has 7 aromatic rings.